The zero-order valence-corrected chi connectivity index (χ0v) is 13.0. The van der Waals surface area contributed by atoms with Crippen molar-refractivity contribution in [3.63, 3.8) is 0 Å². The summed E-state index contributed by atoms with van der Waals surface area (Å²) in [6.07, 6.45) is 0. The lowest BCUT2D eigenvalue weighted by atomic mass is 10.1. The van der Waals surface area contributed by atoms with E-state index < -0.39 is 0 Å². The molecule has 23 heavy (non-hydrogen) atoms. The number of rotatable bonds is 4. The molecular weight excluding hydrogens is 290 g/mol. The molecule has 1 aliphatic rings. The van der Waals surface area contributed by atoms with E-state index in [1.165, 1.54) is 0 Å². The van der Waals surface area contributed by atoms with E-state index in [1.807, 2.05) is 36.4 Å². The maximum absolute atomic E-state index is 12.2. The van der Waals surface area contributed by atoms with Crippen molar-refractivity contribution in [3.05, 3.63) is 59.7 Å². The van der Waals surface area contributed by atoms with Crippen LogP contribution in [0.2, 0.25) is 0 Å². The van der Waals surface area contributed by atoms with Crippen LogP contribution in [-0.4, -0.2) is 32.1 Å². The monoisotopic (exact) mass is 311 g/mol. The first-order chi connectivity index (χ1) is 11.2. The molecule has 3 N–H and O–H groups in total. The number of carbonyl (C=O) groups excluding carboxylic acids is 1. The number of carbonyl (C=O) groups is 1. The molecule has 3 rings (SSSR count). The minimum absolute atomic E-state index is 0.263. The lowest BCUT2D eigenvalue weighted by Gasteiger charge is -2.30. The fourth-order valence-corrected chi connectivity index (χ4v) is 2.68. The molecule has 1 fully saturated rings. The van der Waals surface area contributed by atoms with Gasteiger partial charge in [0.05, 0.1) is 16.9 Å². The molecule has 1 heterocycles. The molecule has 0 bridgehead atoms. The molecule has 0 unspecified atom stereocenters. The van der Waals surface area contributed by atoms with Crippen LogP contribution in [0.5, 0.6) is 0 Å². The van der Waals surface area contributed by atoms with Crippen molar-refractivity contribution < 1.29 is 9.53 Å². The van der Waals surface area contributed by atoms with Crippen molar-refractivity contribution >= 4 is 17.3 Å². The number of anilines is 2. The zero-order chi connectivity index (χ0) is 16.1. The number of nitrogens with two attached hydrogens (primary N) is 1. The third-order valence-electron chi connectivity index (χ3n) is 3.93. The smallest absolute Gasteiger partial charge is 0.338 e. The Hall–Kier alpha value is -2.53. The Morgan fingerprint density at radius 2 is 1.87 bits per heavy atom. The van der Waals surface area contributed by atoms with Crippen LogP contribution in [0.4, 0.5) is 11.4 Å². The number of ether oxygens (including phenoxy) is 1. The van der Waals surface area contributed by atoms with Gasteiger partial charge < -0.3 is 20.7 Å². The third-order valence-corrected chi connectivity index (χ3v) is 3.93. The van der Waals surface area contributed by atoms with Gasteiger partial charge >= 0.3 is 5.97 Å². The zero-order valence-electron chi connectivity index (χ0n) is 13.0. The van der Waals surface area contributed by atoms with Crippen molar-refractivity contribution in [3.8, 4) is 0 Å². The van der Waals surface area contributed by atoms with Gasteiger partial charge in [-0.15, -0.1) is 0 Å². The lowest BCUT2D eigenvalue weighted by Crippen LogP contribution is -2.43. The maximum Gasteiger partial charge on any atom is 0.338 e. The average Bonchev–Trinajstić information content (AvgIpc) is 2.61. The Kier molecular flexibility index (Phi) is 4.78. The molecule has 0 aliphatic carbocycles. The van der Waals surface area contributed by atoms with Crippen molar-refractivity contribution in [2.75, 3.05) is 36.8 Å². The van der Waals surface area contributed by atoms with E-state index in [0.29, 0.717) is 11.3 Å². The molecule has 120 valence electrons. The summed E-state index contributed by atoms with van der Waals surface area (Å²) in [6, 6.07) is 15.0. The molecule has 5 heteroatoms. The van der Waals surface area contributed by atoms with Gasteiger partial charge in [0.15, 0.2) is 0 Å². The van der Waals surface area contributed by atoms with Gasteiger partial charge in [0, 0.05) is 26.2 Å². The summed E-state index contributed by atoms with van der Waals surface area (Å²) in [7, 11) is 0. The van der Waals surface area contributed by atoms with Crippen molar-refractivity contribution in [1.82, 2.24) is 5.32 Å². The van der Waals surface area contributed by atoms with Crippen LogP contribution >= 0.6 is 0 Å². The summed E-state index contributed by atoms with van der Waals surface area (Å²) < 4.78 is 5.34. The van der Waals surface area contributed by atoms with Gasteiger partial charge in [-0.3, -0.25) is 0 Å². The highest BCUT2D eigenvalue weighted by molar-refractivity contribution is 5.92. The topological polar surface area (TPSA) is 67.6 Å². The second-order valence-corrected chi connectivity index (χ2v) is 5.57. The summed E-state index contributed by atoms with van der Waals surface area (Å²) in [5.74, 6) is -0.354. The van der Waals surface area contributed by atoms with Crippen molar-refractivity contribution in [2.24, 2.45) is 0 Å². The summed E-state index contributed by atoms with van der Waals surface area (Å²) in [5, 5.41) is 3.31. The molecular formula is C18H21N3O2. The molecule has 5 nitrogen and oxygen atoms in total. The fraction of sp³-hybridized carbons (Fsp3) is 0.278. The predicted octanol–water partition coefficient (Wildman–Crippen LogP) is 2.04. The fourth-order valence-electron chi connectivity index (χ4n) is 2.68. The van der Waals surface area contributed by atoms with E-state index in [2.05, 4.69) is 10.2 Å². The van der Waals surface area contributed by atoms with Gasteiger partial charge in [0.2, 0.25) is 0 Å². The van der Waals surface area contributed by atoms with Crippen molar-refractivity contribution in [2.45, 2.75) is 6.61 Å². The standard InChI is InChI=1S/C18H21N3O2/c19-16-12-15(6-7-17(16)21-10-8-20-9-11-21)18(22)23-13-14-4-2-1-3-5-14/h1-7,12,20H,8-11,13,19H2. The van der Waals surface area contributed by atoms with E-state index in [-0.39, 0.29) is 12.6 Å². The van der Waals surface area contributed by atoms with Gasteiger partial charge in [-0.2, -0.15) is 0 Å². The number of benzene rings is 2. The highest BCUT2D eigenvalue weighted by Gasteiger charge is 2.15. The average molecular weight is 311 g/mol. The van der Waals surface area contributed by atoms with E-state index in [9.17, 15) is 4.79 Å². The molecule has 2 aromatic carbocycles. The molecule has 1 saturated heterocycles. The van der Waals surface area contributed by atoms with E-state index in [0.717, 1.165) is 37.4 Å². The van der Waals surface area contributed by atoms with Crippen molar-refractivity contribution in [1.29, 1.82) is 0 Å². The Morgan fingerprint density at radius 1 is 1.13 bits per heavy atom. The van der Waals surface area contributed by atoms with Crippen LogP contribution in [0.3, 0.4) is 0 Å². The SMILES string of the molecule is Nc1cc(C(=O)OCc2ccccc2)ccc1N1CCNCC1. The molecule has 0 atom stereocenters. The van der Waals surface area contributed by atoms with Gasteiger partial charge in [0.25, 0.3) is 0 Å². The molecule has 0 saturated carbocycles. The highest BCUT2D eigenvalue weighted by atomic mass is 16.5. The first kappa shape index (κ1) is 15.4. The number of hydrogen-bond donors (Lipinski definition) is 2. The predicted molar refractivity (Wildman–Crippen MR) is 91.5 cm³/mol. The Bertz CT molecular complexity index is 667. The number of nitrogens with one attached hydrogen (secondary N) is 1. The minimum Gasteiger partial charge on any atom is -0.457 e. The van der Waals surface area contributed by atoms with Crippen LogP contribution in [0.25, 0.3) is 0 Å². The summed E-state index contributed by atoms with van der Waals surface area (Å²) in [5.41, 5.74) is 9.17. The van der Waals surface area contributed by atoms with Gasteiger partial charge in [0.1, 0.15) is 6.61 Å². The van der Waals surface area contributed by atoms with E-state index in [1.54, 1.807) is 12.1 Å². The number of nitrogen functional groups attached to an aromatic ring is 1. The molecule has 0 spiro atoms. The van der Waals surface area contributed by atoms with Crippen LogP contribution in [-0.2, 0) is 11.3 Å². The quantitative estimate of drug-likeness (QED) is 0.668. The number of nitrogens with zero attached hydrogens (tertiary/aromatic N) is 1. The summed E-state index contributed by atoms with van der Waals surface area (Å²) in [4.78, 5) is 14.4. The second-order valence-electron chi connectivity index (χ2n) is 5.57. The summed E-state index contributed by atoms with van der Waals surface area (Å²) >= 11 is 0. The Morgan fingerprint density at radius 3 is 2.57 bits per heavy atom. The normalized spacial score (nSPS) is 14.5. The van der Waals surface area contributed by atoms with Crippen LogP contribution in [0.1, 0.15) is 15.9 Å². The maximum atomic E-state index is 12.2. The number of piperazine rings is 1. The first-order valence-electron chi connectivity index (χ1n) is 7.80. The van der Waals surface area contributed by atoms with Gasteiger partial charge in [-0.05, 0) is 23.8 Å². The first-order valence-corrected chi connectivity index (χ1v) is 7.80. The number of hydrogen-bond acceptors (Lipinski definition) is 5. The molecule has 0 amide bonds. The van der Waals surface area contributed by atoms with Gasteiger partial charge in [-0.25, -0.2) is 4.79 Å². The molecule has 1 aliphatic heterocycles. The van der Waals surface area contributed by atoms with Crippen LogP contribution in [0.15, 0.2) is 48.5 Å². The van der Waals surface area contributed by atoms with Crippen LogP contribution < -0.4 is 16.0 Å². The Balaban J connectivity index is 1.65. The third kappa shape index (κ3) is 3.81. The minimum atomic E-state index is -0.354. The highest BCUT2D eigenvalue weighted by Crippen LogP contribution is 2.25. The molecule has 0 radical (unpaired) electrons. The van der Waals surface area contributed by atoms with E-state index in [4.69, 9.17) is 10.5 Å². The van der Waals surface area contributed by atoms with Crippen LogP contribution in [0, 0.1) is 0 Å². The van der Waals surface area contributed by atoms with E-state index >= 15 is 0 Å². The molecule has 2 aromatic rings. The summed E-state index contributed by atoms with van der Waals surface area (Å²) in [6.45, 7) is 3.99. The second kappa shape index (κ2) is 7.15. The van der Waals surface area contributed by atoms with Gasteiger partial charge in [-0.1, -0.05) is 30.3 Å². The number of esters is 1. The largest absolute Gasteiger partial charge is 0.457 e. The Labute approximate surface area is 136 Å². The lowest BCUT2D eigenvalue weighted by molar-refractivity contribution is 0.0473. The molecule has 0 aromatic heterocycles.